The molecule has 0 bridgehead atoms. The Bertz CT molecular complexity index is 517. The lowest BCUT2D eigenvalue weighted by atomic mass is 10.0. The molecule has 6 heteroatoms. The summed E-state index contributed by atoms with van der Waals surface area (Å²) in [4.78, 5) is 21.7. The molecule has 0 N–H and O–H groups in total. The second-order valence-corrected chi connectivity index (χ2v) is 3.24. The van der Waals surface area contributed by atoms with Crippen molar-refractivity contribution in [2.75, 3.05) is 6.61 Å². The monoisotopic (exact) mass is 234 g/mol. The van der Waals surface area contributed by atoms with Gasteiger partial charge in [0.15, 0.2) is 0 Å². The molecule has 17 heavy (non-hydrogen) atoms. The molecule has 0 atom stereocenters. The van der Waals surface area contributed by atoms with Crippen LogP contribution in [0, 0.1) is 28.4 Å². The number of nitrogens with zero attached hydrogens (tertiary/aromatic N) is 2. The molecule has 1 aromatic rings. The molecule has 0 unspecified atom stereocenters. The first kappa shape index (κ1) is 12.6. The zero-order chi connectivity index (χ0) is 13.0. The van der Waals surface area contributed by atoms with Crippen LogP contribution in [0.2, 0.25) is 0 Å². The molecule has 0 spiro atoms. The van der Waals surface area contributed by atoms with Crippen LogP contribution in [-0.4, -0.2) is 17.5 Å². The number of nitriles is 1. The van der Waals surface area contributed by atoms with Gasteiger partial charge in [-0.25, -0.2) is 4.79 Å². The first-order valence-electron chi connectivity index (χ1n) is 4.88. The normalized spacial score (nSPS) is 9.47. The number of benzene rings is 1. The molecule has 1 aromatic carbocycles. The van der Waals surface area contributed by atoms with Crippen LogP contribution < -0.4 is 0 Å². The zero-order valence-electron chi connectivity index (χ0n) is 9.39. The van der Waals surface area contributed by atoms with Crippen LogP contribution in [0.4, 0.5) is 5.69 Å². The highest BCUT2D eigenvalue weighted by Gasteiger charge is 2.26. The fraction of sp³-hybridized carbons (Fsp3) is 0.273. The molecular formula is C11H10N2O4. The standard InChI is InChI=1S/C11H10N2O4/c1-3-17-11(14)8-5-4-7(2)9(6-12)10(8)13(15)16/h4-5H,3H2,1-2H3. The van der Waals surface area contributed by atoms with E-state index < -0.39 is 16.6 Å². The molecule has 0 radical (unpaired) electrons. The highest BCUT2D eigenvalue weighted by atomic mass is 16.6. The van der Waals surface area contributed by atoms with E-state index in [0.29, 0.717) is 5.56 Å². The number of carbonyl (C=O) groups excluding carboxylic acids is 1. The van der Waals surface area contributed by atoms with E-state index in [-0.39, 0.29) is 17.7 Å². The van der Waals surface area contributed by atoms with E-state index in [9.17, 15) is 14.9 Å². The molecule has 0 saturated heterocycles. The summed E-state index contributed by atoms with van der Waals surface area (Å²) in [7, 11) is 0. The fourth-order valence-electron chi connectivity index (χ4n) is 1.40. The minimum atomic E-state index is -0.796. The second-order valence-electron chi connectivity index (χ2n) is 3.24. The largest absolute Gasteiger partial charge is 0.462 e. The smallest absolute Gasteiger partial charge is 0.345 e. The summed E-state index contributed by atoms with van der Waals surface area (Å²) >= 11 is 0. The van der Waals surface area contributed by atoms with E-state index in [2.05, 4.69) is 0 Å². The third kappa shape index (κ3) is 2.39. The van der Waals surface area contributed by atoms with Crippen LogP contribution in [0.15, 0.2) is 12.1 Å². The van der Waals surface area contributed by atoms with Gasteiger partial charge in [0.2, 0.25) is 0 Å². The van der Waals surface area contributed by atoms with Gasteiger partial charge in [-0.2, -0.15) is 5.26 Å². The van der Waals surface area contributed by atoms with E-state index in [1.165, 1.54) is 12.1 Å². The molecule has 88 valence electrons. The maximum absolute atomic E-state index is 11.5. The average Bonchev–Trinajstić information content (AvgIpc) is 2.28. The Morgan fingerprint density at radius 2 is 2.24 bits per heavy atom. The molecule has 0 aliphatic heterocycles. The summed E-state index contributed by atoms with van der Waals surface area (Å²) in [6.45, 7) is 3.29. The Balaban J connectivity index is 3.47. The van der Waals surface area contributed by atoms with Crippen LogP contribution in [0.5, 0.6) is 0 Å². The predicted octanol–water partition coefficient (Wildman–Crippen LogP) is 1.95. The Labute approximate surface area is 97.6 Å². The van der Waals surface area contributed by atoms with Crippen LogP contribution in [0.3, 0.4) is 0 Å². The number of aryl methyl sites for hydroxylation is 1. The van der Waals surface area contributed by atoms with E-state index in [1.807, 2.05) is 0 Å². The molecule has 6 nitrogen and oxygen atoms in total. The number of esters is 1. The van der Waals surface area contributed by atoms with E-state index in [4.69, 9.17) is 10.00 Å². The SMILES string of the molecule is CCOC(=O)c1ccc(C)c(C#N)c1[N+](=O)[O-]. The van der Waals surface area contributed by atoms with Crippen molar-refractivity contribution in [2.45, 2.75) is 13.8 Å². The Morgan fingerprint density at radius 1 is 1.59 bits per heavy atom. The molecule has 0 fully saturated rings. The lowest BCUT2D eigenvalue weighted by Crippen LogP contribution is -2.09. The third-order valence-corrected chi connectivity index (χ3v) is 2.18. The van der Waals surface area contributed by atoms with Crippen LogP contribution in [0.25, 0.3) is 0 Å². The van der Waals surface area contributed by atoms with Gasteiger partial charge in [-0.3, -0.25) is 10.1 Å². The summed E-state index contributed by atoms with van der Waals surface area (Å²) < 4.78 is 4.71. The van der Waals surface area contributed by atoms with Crippen LogP contribution in [-0.2, 0) is 4.74 Å². The van der Waals surface area contributed by atoms with Crippen molar-refractivity contribution in [2.24, 2.45) is 0 Å². The number of nitro benzene ring substituents is 1. The van der Waals surface area contributed by atoms with Crippen molar-refractivity contribution < 1.29 is 14.5 Å². The van der Waals surface area contributed by atoms with Gasteiger partial charge >= 0.3 is 11.7 Å². The number of ether oxygens (including phenoxy) is 1. The third-order valence-electron chi connectivity index (χ3n) is 2.18. The lowest BCUT2D eigenvalue weighted by molar-refractivity contribution is -0.385. The van der Waals surface area contributed by atoms with Crippen molar-refractivity contribution in [3.05, 3.63) is 38.9 Å². The van der Waals surface area contributed by atoms with Crippen LogP contribution in [0.1, 0.15) is 28.4 Å². The molecular weight excluding hydrogens is 224 g/mol. The lowest BCUT2D eigenvalue weighted by Gasteiger charge is -2.05. The molecule has 0 aliphatic carbocycles. The molecule has 0 saturated carbocycles. The Kier molecular flexibility index (Phi) is 3.78. The van der Waals surface area contributed by atoms with Crippen molar-refractivity contribution >= 4 is 11.7 Å². The number of nitro groups is 1. The van der Waals surface area contributed by atoms with Crippen molar-refractivity contribution in [3.8, 4) is 6.07 Å². The molecule has 0 heterocycles. The predicted molar refractivity (Wildman–Crippen MR) is 58.5 cm³/mol. The minimum absolute atomic E-state index is 0.111. The first-order chi connectivity index (χ1) is 8.02. The number of hydrogen-bond donors (Lipinski definition) is 0. The van der Waals surface area contributed by atoms with E-state index in [0.717, 1.165) is 0 Å². The Hall–Kier alpha value is -2.42. The van der Waals surface area contributed by atoms with Crippen molar-refractivity contribution in [1.29, 1.82) is 5.26 Å². The van der Waals surface area contributed by atoms with Gasteiger partial charge in [0.05, 0.1) is 11.5 Å². The van der Waals surface area contributed by atoms with Crippen LogP contribution >= 0.6 is 0 Å². The quantitative estimate of drug-likeness (QED) is 0.452. The second kappa shape index (κ2) is 5.07. The number of hydrogen-bond acceptors (Lipinski definition) is 5. The van der Waals surface area contributed by atoms with Gasteiger partial charge in [0.25, 0.3) is 0 Å². The average molecular weight is 234 g/mol. The fourth-order valence-corrected chi connectivity index (χ4v) is 1.40. The maximum atomic E-state index is 11.5. The topological polar surface area (TPSA) is 93.2 Å². The minimum Gasteiger partial charge on any atom is -0.462 e. The molecule has 0 aliphatic rings. The summed E-state index contributed by atoms with van der Waals surface area (Å²) in [5, 5.41) is 19.8. The van der Waals surface area contributed by atoms with Gasteiger partial charge < -0.3 is 4.74 Å². The zero-order valence-corrected chi connectivity index (χ0v) is 9.39. The molecule has 0 aromatic heterocycles. The van der Waals surface area contributed by atoms with E-state index in [1.54, 1.807) is 19.9 Å². The van der Waals surface area contributed by atoms with Gasteiger partial charge in [-0.1, -0.05) is 6.07 Å². The van der Waals surface area contributed by atoms with Crippen molar-refractivity contribution in [1.82, 2.24) is 0 Å². The van der Waals surface area contributed by atoms with E-state index >= 15 is 0 Å². The summed E-state index contributed by atoms with van der Waals surface area (Å²) in [6.07, 6.45) is 0. The van der Waals surface area contributed by atoms with Gasteiger partial charge in [0.1, 0.15) is 17.2 Å². The van der Waals surface area contributed by atoms with Gasteiger partial charge in [0, 0.05) is 0 Å². The summed E-state index contributed by atoms with van der Waals surface area (Å²) in [5.41, 5.74) is -0.349. The summed E-state index contributed by atoms with van der Waals surface area (Å²) in [6, 6.07) is 4.51. The van der Waals surface area contributed by atoms with Crippen molar-refractivity contribution in [3.63, 3.8) is 0 Å². The van der Waals surface area contributed by atoms with Gasteiger partial charge in [-0.05, 0) is 25.5 Å². The number of rotatable bonds is 3. The number of carbonyl (C=O) groups is 1. The maximum Gasteiger partial charge on any atom is 0.345 e. The first-order valence-corrected chi connectivity index (χ1v) is 4.88. The Morgan fingerprint density at radius 3 is 2.71 bits per heavy atom. The molecule has 1 rings (SSSR count). The highest BCUT2D eigenvalue weighted by Crippen LogP contribution is 2.26. The summed E-state index contributed by atoms with van der Waals surface area (Å²) in [5.74, 6) is -0.796. The van der Waals surface area contributed by atoms with Gasteiger partial charge in [-0.15, -0.1) is 0 Å². The molecule has 0 amide bonds. The highest BCUT2D eigenvalue weighted by molar-refractivity contribution is 5.95.